The second-order valence-electron chi connectivity index (χ2n) is 6.18. The normalized spacial score (nSPS) is 25.2. The van der Waals surface area contributed by atoms with Gasteiger partial charge in [-0.05, 0) is 37.5 Å². The Morgan fingerprint density at radius 2 is 2.26 bits per heavy atom. The standard InChI is InChI=1S/C17H23FN2O3/c1-12-4-5-14(18)15(9-12)20-6-2-3-13(10-20)19-17(21)16-11-22-7-8-23-16/h4-5,9,13,16H,2-3,6-8,10-11H2,1H3,(H,19,21)/t13-,16+/m1/s1. The molecule has 0 unspecified atom stereocenters. The van der Waals surface area contributed by atoms with Crippen molar-refractivity contribution in [2.45, 2.75) is 31.9 Å². The first-order chi connectivity index (χ1) is 11.1. The van der Waals surface area contributed by atoms with Gasteiger partial charge in [-0.15, -0.1) is 0 Å². The zero-order chi connectivity index (χ0) is 16.2. The molecule has 0 spiro atoms. The third-order valence-electron chi connectivity index (χ3n) is 4.32. The van der Waals surface area contributed by atoms with Crippen molar-refractivity contribution in [3.05, 3.63) is 29.6 Å². The molecule has 0 radical (unpaired) electrons. The van der Waals surface area contributed by atoms with E-state index in [2.05, 4.69) is 5.32 Å². The smallest absolute Gasteiger partial charge is 0.251 e. The molecule has 126 valence electrons. The number of aryl methyl sites for hydroxylation is 1. The number of amides is 1. The molecule has 0 aromatic heterocycles. The van der Waals surface area contributed by atoms with Crippen molar-refractivity contribution in [3.8, 4) is 0 Å². The monoisotopic (exact) mass is 322 g/mol. The van der Waals surface area contributed by atoms with Gasteiger partial charge in [-0.2, -0.15) is 0 Å². The largest absolute Gasteiger partial charge is 0.376 e. The third kappa shape index (κ3) is 4.00. The quantitative estimate of drug-likeness (QED) is 0.919. The van der Waals surface area contributed by atoms with Crippen molar-refractivity contribution >= 4 is 11.6 Å². The van der Waals surface area contributed by atoms with Gasteiger partial charge in [-0.25, -0.2) is 4.39 Å². The molecule has 3 rings (SSSR count). The lowest BCUT2D eigenvalue weighted by atomic mass is 10.0. The Bertz CT molecular complexity index is 561. The van der Waals surface area contributed by atoms with E-state index in [4.69, 9.17) is 9.47 Å². The van der Waals surface area contributed by atoms with Gasteiger partial charge < -0.3 is 19.7 Å². The average molecular weight is 322 g/mol. The number of nitrogens with one attached hydrogen (secondary N) is 1. The second-order valence-corrected chi connectivity index (χ2v) is 6.18. The van der Waals surface area contributed by atoms with Gasteiger partial charge in [0.25, 0.3) is 5.91 Å². The maximum Gasteiger partial charge on any atom is 0.251 e. The molecular formula is C17H23FN2O3. The molecule has 5 nitrogen and oxygen atoms in total. The summed E-state index contributed by atoms with van der Waals surface area (Å²) < 4.78 is 24.8. The highest BCUT2D eigenvalue weighted by atomic mass is 19.1. The summed E-state index contributed by atoms with van der Waals surface area (Å²) in [5, 5.41) is 3.01. The first-order valence-electron chi connectivity index (χ1n) is 8.14. The highest BCUT2D eigenvalue weighted by Gasteiger charge is 2.28. The van der Waals surface area contributed by atoms with E-state index in [1.807, 2.05) is 17.9 Å². The molecule has 0 saturated carbocycles. The summed E-state index contributed by atoms with van der Waals surface area (Å²) in [4.78, 5) is 14.2. The first-order valence-corrected chi connectivity index (χ1v) is 8.14. The SMILES string of the molecule is Cc1ccc(F)c(N2CCC[C@@H](NC(=O)[C@@H]3COCCO3)C2)c1. The lowest BCUT2D eigenvalue weighted by Crippen LogP contribution is -2.52. The molecule has 1 aromatic carbocycles. The minimum atomic E-state index is -0.533. The van der Waals surface area contributed by atoms with Crippen LogP contribution in [0.25, 0.3) is 0 Å². The van der Waals surface area contributed by atoms with Crippen molar-refractivity contribution in [2.75, 3.05) is 37.8 Å². The Hall–Kier alpha value is -1.66. The predicted octanol–water partition coefficient (Wildman–Crippen LogP) is 1.63. The fourth-order valence-corrected chi connectivity index (χ4v) is 3.11. The molecule has 1 aromatic rings. The summed E-state index contributed by atoms with van der Waals surface area (Å²) in [6, 6.07) is 5.13. The van der Waals surface area contributed by atoms with Crippen molar-refractivity contribution < 1.29 is 18.7 Å². The Labute approximate surface area is 135 Å². The Morgan fingerprint density at radius 3 is 3.04 bits per heavy atom. The summed E-state index contributed by atoms with van der Waals surface area (Å²) in [5.74, 6) is -0.354. The molecule has 2 fully saturated rings. The molecule has 0 aliphatic carbocycles. The zero-order valence-electron chi connectivity index (χ0n) is 13.4. The molecule has 6 heteroatoms. The van der Waals surface area contributed by atoms with Crippen LogP contribution in [-0.4, -0.2) is 51.0 Å². The molecule has 2 saturated heterocycles. The van der Waals surface area contributed by atoms with Crippen LogP contribution < -0.4 is 10.2 Å². The highest BCUT2D eigenvalue weighted by molar-refractivity contribution is 5.81. The molecular weight excluding hydrogens is 299 g/mol. The number of halogens is 1. The number of carbonyl (C=O) groups is 1. The molecule has 2 heterocycles. The molecule has 2 aliphatic heterocycles. The third-order valence-corrected chi connectivity index (χ3v) is 4.32. The number of rotatable bonds is 3. The summed E-state index contributed by atoms with van der Waals surface area (Å²) in [6.45, 7) is 4.65. The van der Waals surface area contributed by atoms with Gasteiger partial charge in [0.05, 0.1) is 25.5 Å². The average Bonchev–Trinajstić information content (AvgIpc) is 2.58. The van der Waals surface area contributed by atoms with Crippen LogP contribution in [0.1, 0.15) is 18.4 Å². The summed E-state index contributed by atoms with van der Waals surface area (Å²) in [5.41, 5.74) is 1.64. The van der Waals surface area contributed by atoms with Crippen LogP contribution in [0.15, 0.2) is 18.2 Å². The van der Waals surface area contributed by atoms with Gasteiger partial charge in [-0.1, -0.05) is 6.07 Å². The van der Waals surface area contributed by atoms with Crippen LogP contribution in [0.5, 0.6) is 0 Å². The van der Waals surface area contributed by atoms with Crippen LogP contribution >= 0.6 is 0 Å². The number of benzene rings is 1. The van der Waals surface area contributed by atoms with E-state index in [-0.39, 0.29) is 17.8 Å². The van der Waals surface area contributed by atoms with Gasteiger partial charge in [0.15, 0.2) is 6.10 Å². The number of hydrogen-bond acceptors (Lipinski definition) is 4. The van der Waals surface area contributed by atoms with Gasteiger partial charge in [0, 0.05) is 19.1 Å². The molecule has 1 N–H and O–H groups in total. The second kappa shape index (κ2) is 7.27. The number of piperidine rings is 1. The topological polar surface area (TPSA) is 50.8 Å². The van der Waals surface area contributed by atoms with Crippen LogP contribution in [0.3, 0.4) is 0 Å². The van der Waals surface area contributed by atoms with E-state index in [1.54, 1.807) is 6.07 Å². The zero-order valence-corrected chi connectivity index (χ0v) is 13.4. The fourth-order valence-electron chi connectivity index (χ4n) is 3.11. The van der Waals surface area contributed by atoms with Crippen molar-refractivity contribution in [1.82, 2.24) is 5.32 Å². The van der Waals surface area contributed by atoms with E-state index < -0.39 is 6.10 Å². The van der Waals surface area contributed by atoms with Crippen LogP contribution in [-0.2, 0) is 14.3 Å². The predicted molar refractivity (Wildman–Crippen MR) is 85.1 cm³/mol. The van der Waals surface area contributed by atoms with Crippen molar-refractivity contribution in [3.63, 3.8) is 0 Å². The molecule has 1 amide bonds. The number of nitrogens with zero attached hydrogens (tertiary/aromatic N) is 1. The van der Waals surface area contributed by atoms with Crippen LogP contribution in [0.2, 0.25) is 0 Å². The summed E-state index contributed by atoms with van der Waals surface area (Å²) in [7, 11) is 0. The Morgan fingerprint density at radius 1 is 1.39 bits per heavy atom. The summed E-state index contributed by atoms with van der Waals surface area (Å²) >= 11 is 0. The molecule has 0 bridgehead atoms. The lowest BCUT2D eigenvalue weighted by Gasteiger charge is -2.36. The van der Waals surface area contributed by atoms with Gasteiger partial charge in [-0.3, -0.25) is 4.79 Å². The van der Waals surface area contributed by atoms with E-state index in [9.17, 15) is 9.18 Å². The van der Waals surface area contributed by atoms with Crippen molar-refractivity contribution in [1.29, 1.82) is 0 Å². The fraction of sp³-hybridized carbons (Fsp3) is 0.588. The van der Waals surface area contributed by atoms with Crippen molar-refractivity contribution in [2.24, 2.45) is 0 Å². The minimum Gasteiger partial charge on any atom is -0.376 e. The lowest BCUT2D eigenvalue weighted by molar-refractivity contribution is -0.148. The Balaban J connectivity index is 1.61. The highest BCUT2D eigenvalue weighted by Crippen LogP contribution is 2.24. The number of anilines is 1. The van der Waals surface area contributed by atoms with Crippen LogP contribution in [0, 0.1) is 12.7 Å². The molecule has 2 atom stereocenters. The number of hydrogen-bond donors (Lipinski definition) is 1. The van der Waals surface area contributed by atoms with Gasteiger partial charge >= 0.3 is 0 Å². The molecule has 2 aliphatic rings. The molecule has 23 heavy (non-hydrogen) atoms. The summed E-state index contributed by atoms with van der Waals surface area (Å²) in [6.07, 6.45) is 1.28. The van der Waals surface area contributed by atoms with Gasteiger partial charge in [0.1, 0.15) is 5.82 Å². The minimum absolute atomic E-state index is 0.00156. The van der Waals surface area contributed by atoms with E-state index in [1.165, 1.54) is 6.07 Å². The number of carbonyl (C=O) groups excluding carboxylic acids is 1. The maximum absolute atomic E-state index is 14.1. The Kier molecular flexibility index (Phi) is 5.13. The van der Waals surface area contributed by atoms with E-state index >= 15 is 0 Å². The van der Waals surface area contributed by atoms with E-state index in [0.29, 0.717) is 32.1 Å². The number of ether oxygens (including phenoxy) is 2. The first kappa shape index (κ1) is 16.2. The van der Waals surface area contributed by atoms with E-state index in [0.717, 1.165) is 24.9 Å². The van der Waals surface area contributed by atoms with Gasteiger partial charge in [0.2, 0.25) is 0 Å². The maximum atomic E-state index is 14.1. The van der Waals surface area contributed by atoms with Crippen LogP contribution in [0.4, 0.5) is 10.1 Å².